The molecule has 0 saturated carbocycles. The van der Waals surface area contributed by atoms with Crippen molar-refractivity contribution in [2.45, 2.75) is 0 Å². The molecule has 0 radical (unpaired) electrons. The van der Waals surface area contributed by atoms with E-state index in [-0.39, 0.29) is 11.3 Å². The average Bonchev–Trinajstić information content (AvgIpc) is 3.05. The van der Waals surface area contributed by atoms with Crippen LogP contribution in [0.4, 0.5) is 10.1 Å². The maximum atomic E-state index is 14.1. The Balaban J connectivity index is 1.82. The number of benzene rings is 2. The van der Waals surface area contributed by atoms with Crippen LogP contribution in [0.15, 0.2) is 67.1 Å². The highest BCUT2D eigenvalue weighted by atomic mass is 19.1. The Hall–Kier alpha value is -3.61. The first-order valence-electron chi connectivity index (χ1n) is 7.46. The fourth-order valence-electron chi connectivity index (χ4n) is 2.62. The van der Waals surface area contributed by atoms with Crippen molar-refractivity contribution in [1.82, 2.24) is 14.4 Å². The van der Waals surface area contributed by atoms with E-state index in [9.17, 15) is 14.5 Å². The average molecular weight is 334 g/mol. The van der Waals surface area contributed by atoms with E-state index in [1.807, 2.05) is 36.5 Å². The summed E-state index contributed by atoms with van der Waals surface area (Å²) in [5.74, 6) is -0.183. The molecule has 0 aliphatic carbocycles. The minimum Gasteiger partial charge on any atom is -0.290 e. The van der Waals surface area contributed by atoms with Crippen molar-refractivity contribution in [3.8, 4) is 22.4 Å². The lowest BCUT2D eigenvalue weighted by atomic mass is 10.1. The summed E-state index contributed by atoms with van der Waals surface area (Å²) in [5, 5.41) is 10.9. The number of halogens is 1. The molecule has 0 atom stereocenters. The lowest BCUT2D eigenvalue weighted by Gasteiger charge is -2.01. The number of non-ortho nitro benzene ring substituents is 1. The Kier molecular flexibility index (Phi) is 3.46. The summed E-state index contributed by atoms with van der Waals surface area (Å²) in [6.07, 6.45) is 5.13. The lowest BCUT2D eigenvalue weighted by molar-refractivity contribution is -0.384. The predicted molar refractivity (Wildman–Crippen MR) is 90.5 cm³/mol. The number of aromatic nitrogens is 3. The first-order chi connectivity index (χ1) is 12.1. The fourth-order valence-corrected chi connectivity index (χ4v) is 2.62. The van der Waals surface area contributed by atoms with Gasteiger partial charge >= 0.3 is 0 Å². The third kappa shape index (κ3) is 2.72. The molecule has 2 aromatic carbocycles. The van der Waals surface area contributed by atoms with Crippen molar-refractivity contribution in [2.75, 3.05) is 0 Å². The van der Waals surface area contributed by atoms with Crippen LogP contribution in [0.2, 0.25) is 0 Å². The van der Waals surface area contributed by atoms with E-state index in [0.717, 1.165) is 23.3 Å². The van der Waals surface area contributed by atoms with Gasteiger partial charge in [-0.25, -0.2) is 14.4 Å². The smallest absolute Gasteiger partial charge is 0.270 e. The molecular formula is C18H11FN4O2. The molecule has 0 aliphatic rings. The van der Waals surface area contributed by atoms with Gasteiger partial charge in [-0.3, -0.25) is 14.5 Å². The SMILES string of the molecule is O=[N+]([O-])c1ccc(F)c(-c2cn3cc(-c4ccccc4)cnc3n2)c1. The number of hydrogen-bond acceptors (Lipinski definition) is 4. The number of nitro benzene ring substituents is 1. The molecule has 2 heterocycles. The summed E-state index contributed by atoms with van der Waals surface area (Å²) in [6, 6.07) is 13.1. The molecule has 0 spiro atoms. The molecule has 4 rings (SSSR count). The highest BCUT2D eigenvalue weighted by Crippen LogP contribution is 2.27. The third-order valence-electron chi connectivity index (χ3n) is 3.85. The topological polar surface area (TPSA) is 73.3 Å². The monoisotopic (exact) mass is 334 g/mol. The van der Waals surface area contributed by atoms with Gasteiger partial charge in [0.1, 0.15) is 5.82 Å². The highest BCUT2D eigenvalue weighted by molar-refractivity contribution is 5.67. The van der Waals surface area contributed by atoms with Crippen LogP contribution in [0, 0.1) is 15.9 Å². The van der Waals surface area contributed by atoms with Gasteiger partial charge in [0.2, 0.25) is 5.78 Å². The molecule has 122 valence electrons. The van der Waals surface area contributed by atoms with E-state index in [1.165, 1.54) is 6.07 Å². The maximum absolute atomic E-state index is 14.1. The number of hydrogen-bond donors (Lipinski definition) is 0. The van der Waals surface area contributed by atoms with Gasteiger partial charge in [-0.1, -0.05) is 30.3 Å². The minimum absolute atomic E-state index is 0.0703. The zero-order chi connectivity index (χ0) is 17.4. The summed E-state index contributed by atoms with van der Waals surface area (Å²) < 4.78 is 15.8. The molecule has 0 fully saturated rings. The lowest BCUT2D eigenvalue weighted by Crippen LogP contribution is -1.91. The van der Waals surface area contributed by atoms with Gasteiger partial charge in [0.15, 0.2) is 0 Å². The van der Waals surface area contributed by atoms with E-state index in [0.29, 0.717) is 11.5 Å². The van der Waals surface area contributed by atoms with Crippen LogP contribution < -0.4 is 0 Å². The van der Waals surface area contributed by atoms with Crippen LogP contribution in [0.25, 0.3) is 28.2 Å². The Labute approximate surface area is 141 Å². The molecule has 25 heavy (non-hydrogen) atoms. The molecule has 0 amide bonds. The predicted octanol–water partition coefficient (Wildman–Crippen LogP) is 4.11. The number of fused-ring (bicyclic) bond motifs is 1. The van der Waals surface area contributed by atoms with E-state index in [2.05, 4.69) is 9.97 Å². The van der Waals surface area contributed by atoms with Crippen molar-refractivity contribution < 1.29 is 9.31 Å². The van der Waals surface area contributed by atoms with Crippen molar-refractivity contribution in [3.05, 3.63) is 83.1 Å². The Morgan fingerprint density at radius 2 is 1.84 bits per heavy atom. The second-order valence-corrected chi connectivity index (χ2v) is 5.46. The van der Waals surface area contributed by atoms with Crippen molar-refractivity contribution in [3.63, 3.8) is 0 Å². The molecule has 2 aromatic heterocycles. The Morgan fingerprint density at radius 3 is 2.60 bits per heavy atom. The quantitative estimate of drug-likeness (QED) is 0.417. The number of nitro groups is 1. The van der Waals surface area contributed by atoms with E-state index < -0.39 is 10.7 Å². The van der Waals surface area contributed by atoms with Crippen molar-refractivity contribution >= 4 is 11.5 Å². The second kappa shape index (κ2) is 5.79. The van der Waals surface area contributed by atoms with Gasteiger partial charge in [0, 0.05) is 41.9 Å². The molecule has 4 aromatic rings. The van der Waals surface area contributed by atoms with Crippen molar-refractivity contribution in [1.29, 1.82) is 0 Å². The minimum atomic E-state index is -0.572. The Bertz CT molecular complexity index is 1090. The molecule has 0 N–H and O–H groups in total. The highest BCUT2D eigenvalue weighted by Gasteiger charge is 2.15. The molecule has 0 bridgehead atoms. The first kappa shape index (κ1) is 14.9. The molecule has 6 nitrogen and oxygen atoms in total. The molecule has 7 heteroatoms. The third-order valence-corrected chi connectivity index (χ3v) is 3.85. The largest absolute Gasteiger partial charge is 0.290 e. The van der Waals surface area contributed by atoms with E-state index in [4.69, 9.17) is 0 Å². The van der Waals surface area contributed by atoms with Crippen LogP contribution in [0.3, 0.4) is 0 Å². The van der Waals surface area contributed by atoms with Crippen LogP contribution in [0.5, 0.6) is 0 Å². The maximum Gasteiger partial charge on any atom is 0.270 e. The second-order valence-electron chi connectivity index (χ2n) is 5.46. The van der Waals surface area contributed by atoms with Gasteiger partial charge in [-0.2, -0.15) is 0 Å². The van der Waals surface area contributed by atoms with Gasteiger partial charge < -0.3 is 0 Å². The van der Waals surface area contributed by atoms with Crippen LogP contribution >= 0.6 is 0 Å². The van der Waals surface area contributed by atoms with Crippen LogP contribution in [-0.4, -0.2) is 19.3 Å². The van der Waals surface area contributed by atoms with E-state index in [1.54, 1.807) is 16.8 Å². The summed E-state index contributed by atoms with van der Waals surface area (Å²) in [4.78, 5) is 18.9. The fraction of sp³-hybridized carbons (Fsp3) is 0. The van der Waals surface area contributed by atoms with Gasteiger partial charge in [-0.05, 0) is 11.6 Å². The summed E-state index contributed by atoms with van der Waals surface area (Å²) in [5.41, 5.74) is 2.05. The Morgan fingerprint density at radius 1 is 1.04 bits per heavy atom. The molecule has 0 unspecified atom stereocenters. The number of nitrogens with zero attached hydrogens (tertiary/aromatic N) is 4. The van der Waals surface area contributed by atoms with Crippen LogP contribution in [-0.2, 0) is 0 Å². The molecule has 0 aliphatic heterocycles. The van der Waals surface area contributed by atoms with Gasteiger partial charge in [-0.15, -0.1) is 0 Å². The number of rotatable bonds is 3. The molecule has 0 saturated heterocycles. The first-order valence-corrected chi connectivity index (χ1v) is 7.46. The summed E-state index contributed by atoms with van der Waals surface area (Å²) in [7, 11) is 0. The van der Waals surface area contributed by atoms with E-state index >= 15 is 0 Å². The standard InChI is InChI=1S/C18H11FN4O2/c19-16-7-6-14(23(24)25)8-15(16)17-11-22-10-13(9-20-18(22)21-17)12-4-2-1-3-5-12/h1-11H. The number of imidazole rings is 1. The van der Waals surface area contributed by atoms with Crippen LogP contribution in [0.1, 0.15) is 0 Å². The van der Waals surface area contributed by atoms with Gasteiger partial charge in [0.25, 0.3) is 5.69 Å². The molecular weight excluding hydrogens is 323 g/mol. The zero-order valence-electron chi connectivity index (χ0n) is 12.8. The normalized spacial score (nSPS) is 10.9. The summed E-state index contributed by atoms with van der Waals surface area (Å²) in [6.45, 7) is 0. The van der Waals surface area contributed by atoms with Gasteiger partial charge in [0.05, 0.1) is 10.6 Å². The summed E-state index contributed by atoms with van der Waals surface area (Å²) >= 11 is 0. The zero-order valence-corrected chi connectivity index (χ0v) is 12.8. The van der Waals surface area contributed by atoms with Crippen molar-refractivity contribution in [2.24, 2.45) is 0 Å².